The highest BCUT2D eigenvalue weighted by molar-refractivity contribution is 5.76. The molecule has 0 amide bonds. The lowest BCUT2D eigenvalue weighted by Crippen LogP contribution is -2.37. The Morgan fingerprint density at radius 3 is 0.757 bits per heavy atom. The Bertz CT molecular complexity index is 4430. The fourth-order valence-electron chi connectivity index (χ4n) is 20.8. The number of hydrogen-bond acceptors (Lipinski definition) is 10. The Morgan fingerprint density at radius 1 is 0.216 bits per heavy atom. The van der Waals surface area contributed by atoms with E-state index < -0.39 is 6.64 Å². The van der Waals surface area contributed by atoms with Crippen LogP contribution < -0.4 is 24.5 Å². The quantitative estimate of drug-likeness (QED) is 0.112. The largest absolute Gasteiger partial charge is 0.353 e. The Morgan fingerprint density at radius 2 is 0.441 bits per heavy atom. The SMILES string of the molecule is [2H]C1N(c2ccccc2C)C(C)=C(C)N1C1CCCC1.[2H]C1N(c2ccccc2C)C(C)=C(C)N1C1CCCCC1.[2H]C1N(c2ccccc2C)C(C)=C(C2CCCC2)N1C1CCCC1.[2H]C1N(c2ccccc2C)C(C)=C(C2CCCCC2)N1C1CCCC1.[2H]C1N(c2ccccc2C)C(C)=C(c2ccccc2)N1C1CCCCC1. The third kappa shape index (κ3) is 17.9. The summed E-state index contributed by atoms with van der Waals surface area (Å²) in [4.78, 5) is 23.3. The lowest BCUT2D eigenvalue weighted by molar-refractivity contribution is 0.216. The molecular weight excluding hydrogens is 1350 g/mol. The van der Waals surface area contributed by atoms with Gasteiger partial charge in [-0.3, -0.25) is 0 Å². The van der Waals surface area contributed by atoms with Crippen molar-refractivity contribution in [2.75, 3.05) is 57.7 Å². The van der Waals surface area contributed by atoms with Crippen LogP contribution in [0.1, 0.15) is 288 Å². The molecule has 5 unspecified atom stereocenters. The van der Waals surface area contributed by atoms with Gasteiger partial charge in [0, 0.05) is 122 Å². The summed E-state index contributed by atoms with van der Waals surface area (Å²) in [7, 11) is 0. The van der Waals surface area contributed by atoms with Gasteiger partial charge in [-0.25, -0.2) is 0 Å². The molecule has 7 fully saturated rings. The second-order valence-corrected chi connectivity index (χ2v) is 34.7. The Kier molecular flexibility index (Phi) is 24.6. The minimum atomic E-state index is -0.394. The minimum Gasteiger partial charge on any atom is -0.353 e. The standard InChI is InChI=1S/C23H28N2.C22H32N2.C21H30N2.C18H26N2.C17H24N2/c1-18-11-9-10-16-22(18)24-17-25(21-14-7-4-8-15-21)23(19(24)2)20-12-5-3-6-13-20;1-17-10-6-9-15-21(17)23-16-24(20-13-7-8-14-20)22(18(23)2)19-11-4-3-5-12-19;1-16-9-3-8-14-20(16)22-15-23(19-12-6-7-13-19)21(17(22)2)18-10-4-5-11-18;1-14-9-7-8-12-18(14)20-13-19(15(2)16(20)3)17-10-5-4-6-11-17;1-13-8-4-7-11-17(13)19-12-18(14(2)15(19)3)16-9-5-6-10-16/h3,5-6,9-13,16,21H,4,7-8,14-15,17H2,1-2H3;6,9-10,15,19-20H,3-5,7-8,11-14,16H2,1-2H3;3,8-9,14,18-19H,4-7,10-13,15H2,1-2H3;7-9,12,17H,4-6,10-11,13H2,1-3H3;4,7-8,11,16H,5-6,9-10,12H2,1-3H3/i17D;16D;15D;13D;12D. The first-order valence-electron chi connectivity index (χ1n) is 47.0. The third-order valence-corrected chi connectivity index (χ3v) is 27.5. The summed E-state index contributed by atoms with van der Waals surface area (Å²) < 4.78 is 44.9. The smallest absolute Gasteiger partial charge is 0.0952 e. The third-order valence-electron chi connectivity index (χ3n) is 27.5. The van der Waals surface area contributed by atoms with E-state index >= 15 is 0 Å². The van der Waals surface area contributed by atoms with E-state index in [0.717, 1.165) is 5.69 Å². The number of para-hydroxylation sites is 5. The van der Waals surface area contributed by atoms with E-state index in [1.54, 1.807) is 0 Å². The van der Waals surface area contributed by atoms with Gasteiger partial charge >= 0.3 is 0 Å². The zero-order valence-electron chi connectivity index (χ0n) is 75.3. The van der Waals surface area contributed by atoms with Crippen LogP contribution in [0.4, 0.5) is 28.4 Å². The van der Waals surface area contributed by atoms with Crippen molar-refractivity contribution in [3.05, 3.63) is 236 Å². The van der Waals surface area contributed by atoms with Gasteiger partial charge in [-0.2, -0.15) is 0 Å². The lowest BCUT2D eigenvalue weighted by Gasteiger charge is -2.35. The van der Waals surface area contributed by atoms with E-state index in [9.17, 15) is 0 Å². The molecule has 6 aromatic carbocycles. The molecule has 594 valence electrons. The number of hydrogen-bond donors (Lipinski definition) is 0. The van der Waals surface area contributed by atoms with E-state index in [4.69, 9.17) is 6.85 Å². The van der Waals surface area contributed by atoms with Crippen molar-refractivity contribution in [2.24, 2.45) is 11.8 Å². The van der Waals surface area contributed by atoms with Crippen molar-refractivity contribution in [2.45, 2.75) is 312 Å². The van der Waals surface area contributed by atoms with Gasteiger partial charge in [0.1, 0.15) is 0 Å². The molecule has 0 bridgehead atoms. The maximum absolute atomic E-state index is 9.14. The number of allylic oxidation sites excluding steroid dienone is 9. The molecular formula is C101H140N10. The molecule has 10 heteroatoms. The molecule has 5 heterocycles. The summed E-state index contributed by atoms with van der Waals surface area (Å²) in [5.41, 5.74) is 26.5. The molecule has 7 saturated carbocycles. The zero-order valence-corrected chi connectivity index (χ0v) is 70.3. The van der Waals surface area contributed by atoms with Crippen molar-refractivity contribution in [1.82, 2.24) is 24.5 Å². The van der Waals surface area contributed by atoms with E-state index in [-0.39, 0.29) is 26.6 Å². The van der Waals surface area contributed by atoms with Crippen molar-refractivity contribution in [1.29, 1.82) is 0 Å². The minimum absolute atomic E-state index is 0.287. The number of anilines is 5. The molecule has 7 aliphatic carbocycles. The fraction of sp³-hybridized carbons (Fsp3) is 0.545. The second kappa shape index (κ2) is 37.3. The predicted molar refractivity (Wildman–Crippen MR) is 472 cm³/mol. The van der Waals surface area contributed by atoms with E-state index in [2.05, 4.69) is 284 Å². The topological polar surface area (TPSA) is 32.4 Å². The van der Waals surface area contributed by atoms with Gasteiger partial charge in [-0.05, 0) is 237 Å². The molecule has 0 N–H and O–H groups in total. The lowest BCUT2D eigenvalue weighted by atomic mass is 9.85. The number of aryl methyl sites for hydroxylation is 5. The first-order valence-corrected chi connectivity index (χ1v) is 44.1. The highest BCUT2D eigenvalue weighted by Gasteiger charge is 2.42. The van der Waals surface area contributed by atoms with Crippen molar-refractivity contribution in [3.63, 3.8) is 0 Å². The first kappa shape index (κ1) is 73.2. The van der Waals surface area contributed by atoms with E-state index in [1.165, 1.54) is 312 Å². The zero-order chi connectivity index (χ0) is 81.4. The van der Waals surface area contributed by atoms with Gasteiger partial charge in [0.2, 0.25) is 0 Å². The summed E-state index contributed by atoms with van der Waals surface area (Å²) >= 11 is 0. The van der Waals surface area contributed by atoms with Crippen LogP contribution in [-0.4, -0.2) is 87.9 Å². The molecule has 0 radical (unpaired) electrons. The van der Waals surface area contributed by atoms with Gasteiger partial charge in [-0.1, -0.05) is 230 Å². The second-order valence-electron chi connectivity index (χ2n) is 34.7. The molecule has 111 heavy (non-hydrogen) atoms. The van der Waals surface area contributed by atoms with Crippen LogP contribution in [0.15, 0.2) is 203 Å². The van der Waals surface area contributed by atoms with Crippen LogP contribution >= 0.6 is 0 Å². The number of benzene rings is 6. The van der Waals surface area contributed by atoms with E-state index in [0.29, 0.717) is 42.0 Å². The van der Waals surface area contributed by atoms with Crippen molar-refractivity contribution >= 4 is 34.1 Å². The van der Waals surface area contributed by atoms with Crippen LogP contribution in [0, 0.1) is 46.5 Å². The Hall–Kier alpha value is -7.98. The fourth-order valence-corrected chi connectivity index (χ4v) is 20.8. The van der Waals surface area contributed by atoms with Gasteiger partial charge in [0.05, 0.1) is 45.8 Å². The maximum atomic E-state index is 9.14. The molecule has 5 atom stereocenters. The van der Waals surface area contributed by atoms with Crippen LogP contribution in [0.3, 0.4) is 0 Å². The summed E-state index contributed by atoms with van der Waals surface area (Å²) in [6.45, 7) is 24.5. The number of nitrogens with zero attached hydrogens (tertiary/aromatic N) is 10. The highest BCUT2D eigenvalue weighted by Crippen LogP contribution is 2.48. The molecule has 0 aromatic heterocycles. The summed E-state index contributed by atoms with van der Waals surface area (Å²) in [5.74, 6) is 1.34. The van der Waals surface area contributed by atoms with E-state index in [1.807, 2.05) is 0 Å². The first-order chi connectivity index (χ1) is 56.3. The molecule has 5 aliphatic heterocycles. The van der Waals surface area contributed by atoms with Crippen LogP contribution in [-0.2, 0) is 0 Å². The molecule has 0 saturated heterocycles. The average molecular weight is 1500 g/mol. The Balaban J connectivity index is 0.000000120. The molecule has 18 rings (SSSR count). The normalized spacial score (nSPS) is 25.5. The predicted octanol–water partition coefficient (Wildman–Crippen LogP) is 26.0. The molecule has 12 aliphatic rings. The molecule has 0 spiro atoms. The summed E-state index contributed by atoms with van der Waals surface area (Å²) in [6.07, 6.45) is 40.2. The highest BCUT2D eigenvalue weighted by atomic mass is 15.4. The molecule has 6 aromatic rings. The van der Waals surface area contributed by atoms with Crippen LogP contribution in [0.2, 0.25) is 0 Å². The van der Waals surface area contributed by atoms with Crippen molar-refractivity contribution in [3.8, 4) is 0 Å². The van der Waals surface area contributed by atoms with Crippen LogP contribution in [0.5, 0.6) is 0 Å². The van der Waals surface area contributed by atoms with Gasteiger partial charge < -0.3 is 49.0 Å². The van der Waals surface area contributed by atoms with Gasteiger partial charge in [-0.15, -0.1) is 0 Å². The van der Waals surface area contributed by atoms with Crippen molar-refractivity contribution < 1.29 is 6.85 Å². The molecule has 10 nitrogen and oxygen atoms in total. The monoisotopic (exact) mass is 1500 g/mol. The number of rotatable bonds is 13. The van der Waals surface area contributed by atoms with Crippen LogP contribution in [0.25, 0.3) is 5.70 Å². The van der Waals surface area contributed by atoms with Gasteiger partial charge in [0.25, 0.3) is 0 Å². The Labute approximate surface area is 680 Å². The average Bonchev–Trinajstić information content (AvgIpc) is 1.61. The van der Waals surface area contributed by atoms with Gasteiger partial charge in [0.15, 0.2) is 0 Å². The summed E-state index contributed by atoms with van der Waals surface area (Å²) in [6, 6.07) is 55.7. The maximum Gasteiger partial charge on any atom is 0.0952 e. The summed E-state index contributed by atoms with van der Waals surface area (Å²) in [5, 5.41) is 0.